The molecule has 1 aliphatic heterocycles. The van der Waals surface area contributed by atoms with E-state index in [0.29, 0.717) is 12.4 Å². The summed E-state index contributed by atoms with van der Waals surface area (Å²) >= 11 is 2.18. The molecule has 6 nitrogen and oxygen atoms in total. The number of ether oxygens (including phenoxy) is 3. The van der Waals surface area contributed by atoms with Gasteiger partial charge in [-0.25, -0.2) is 0 Å². The Balaban J connectivity index is 1.92. The van der Waals surface area contributed by atoms with Gasteiger partial charge in [-0.1, -0.05) is 0 Å². The summed E-state index contributed by atoms with van der Waals surface area (Å²) in [7, 11) is 0. The molecular formula is C11H10INO5. The average Bonchev–Trinajstić information content (AvgIpc) is 2.75. The van der Waals surface area contributed by atoms with E-state index in [0.717, 1.165) is 21.1 Å². The maximum Gasteiger partial charge on any atom is 0.232 e. The van der Waals surface area contributed by atoms with Gasteiger partial charge in [0, 0.05) is 9.65 Å². The third kappa shape index (κ3) is 3.33. The average molecular weight is 363 g/mol. The van der Waals surface area contributed by atoms with Gasteiger partial charge in [0.25, 0.3) is 0 Å². The number of nitro groups is 1. The van der Waals surface area contributed by atoms with Crippen LogP contribution >= 0.6 is 22.6 Å². The van der Waals surface area contributed by atoms with Crippen molar-refractivity contribution in [1.29, 1.82) is 0 Å². The maximum atomic E-state index is 10.0. The van der Waals surface area contributed by atoms with Crippen molar-refractivity contribution in [2.24, 2.45) is 0 Å². The molecule has 0 bridgehead atoms. The lowest BCUT2D eigenvalue weighted by molar-refractivity contribution is -0.402. The topological polar surface area (TPSA) is 70.8 Å². The Morgan fingerprint density at radius 2 is 2.17 bits per heavy atom. The van der Waals surface area contributed by atoms with Gasteiger partial charge in [-0.2, -0.15) is 0 Å². The summed E-state index contributed by atoms with van der Waals surface area (Å²) in [5, 5.41) is 10.0. The number of rotatable bonds is 5. The Bertz CT molecular complexity index is 489. The Morgan fingerprint density at radius 1 is 1.44 bits per heavy atom. The first-order valence-electron chi connectivity index (χ1n) is 5.13. The smallest absolute Gasteiger partial charge is 0.232 e. The maximum absolute atomic E-state index is 10.0. The van der Waals surface area contributed by atoms with Crippen LogP contribution in [0.4, 0.5) is 0 Å². The molecule has 1 aromatic carbocycles. The van der Waals surface area contributed by atoms with Crippen LogP contribution in [0.1, 0.15) is 5.56 Å². The molecule has 0 fully saturated rings. The molecule has 0 saturated carbocycles. The van der Waals surface area contributed by atoms with Crippen LogP contribution in [0.3, 0.4) is 0 Å². The fourth-order valence-corrected chi connectivity index (χ4v) is 2.03. The van der Waals surface area contributed by atoms with E-state index in [9.17, 15) is 10.1 Å². The van der Waals surface area contributed by atoms with Crippen molar-refractivity contribution < 1.29 is 19.1 Å². The van der Waals surface area contributed by atoms with Crippen molar-refractivity contribution >= 4 is 22.6 Å². The number of hydrogen-bond acceptors (Lipinski definition) is 5. The van der Waals surface area contributed by atoms with Gasteiger partial charge in [-0.05, 0) is 40.3 Å². The summed E-state index contributed by atoms with van der Waals surface area (Å²) in [6, 6.07) is 3.75. The van der Waals surface area contributed by atoms with Gasteiger partial charge < -0.3 is 14.2 Å². The molecule has 96 valence electrons. The Morgan fingerprint density at radius 3 is 2.89 bits per heavy atom. The molecule has 18 heavy (non-hydrogen) atoms. The lowest BCUT2D eigenvalue weighted by Gasteiger charge is -2.06. The monoisotopic (exact) mass is 363 g/mol. The second kappa shape index (κ2) is 6.01. The number of fused-ring (bicyclic) bond motifs is 1. The van der Waals surface area contributed by atoms with Crippen LogP contribution in [0.5, 0.6) is 11.5 Å². The van der Waals surface area contributed by atoms with E-state index in [1.54, 1.807) is 0 Å². The molecule has 0 N–H and O–H groups in total. The molecular weight excluding hydrogens is 353 g/mol. The molecule has 2 rings (SSSR count). The highest BCUT2D eigenvalue weighted by molar-refractivity contribution is 14.1. The molecule has 0 spiro atoms. The zero-order valence-electron chi connectivity index (χ0n) is 9.30. The summed E-state index contributed by atoms with van der Waals surface area (Å²) in [4.78, 5) is 9.53. The lowest BCUT2D eigenvalue weighted by Crippen LogP contribution is -1.96. The second-order valence-electron chi connectivity index (χ2n) is 3.48. The van der Waals surface area contributed by atoms with E-state index in [2.05, 4.69) is 22.6 Å². The predicted molar refractivity (Wildman–Crippen MR) is 71.1 cm³/mol. The number of hydrogen-bond donors (Lipinski definition) is 0. The fraction of sp³-hybridized carbons (Fsp3) is 0.273. The molecule has 0 amide bonds. The molecule has 0 unspecified atom stereocenters. The van der Waals surface area contributed by atoms with E-state index in [4.69, 9.17) is 14.2 Å². The third-order valence-corrected chi connectivity index (χ3v) is 3.24. The van der Waals surface area contributed by atoms with Gasteiger partial charge in [-0.3, -0.25) is 10.1 Å². The van der Waals surface area contributed by atoms with E-state index in [1.165, 1.54) is 6.08 Å². The van der Waals surface area contributed by atoms with Gasteiger partial charge in [0.1, 0.15) is 0 Å². The van der Waals surface area contributed by atoms with E-state index >= 15 is 0 Å². The summed E-state index contributed by atoms with van der Waals surface area (Å²) in [6.07, 6.45) is 2.23. The minimum absolute atomic E-state index is 0.200. The lowest BCUT2D eigenvalue weighted by atomic mass is 10.2. The van der Waals surface area contributed by atoms with E-state index < -0.39 is 4.92 Å². The minimum Gasteiger partial charge on any atom is -0.454 e. The molecule has 0 radical (unpaired) electrons. The van der Waals surface area contributed by atoms with E-state index in [1.807, 2.05) is 12.1 Å². The van der Waals surface area contributed by atoms with Crippen molar-refractivity contribution in [2.45, 2.75) is 6.61 Å². The standard InChI is InChI=1S/C11H10INO5/c12-9-5-11-10(17-7-18-11)4-8(9)6-16-3-1-2-13(14)15/h1-2,4-5H,3,6-7H2/b2-1+. The highest BCUT2D eigenvalue weighted by atomic mass is 127. The first kappa shape index (κ1) is 13.1. The van der Waals surface area contributed by atoms with E-state index in [-0.39, 0.29) is 13.4 Å². The number of nitrogens with zero attached hydrogens (tertiary/aromatic N) is 1. The quantitative estimate of drug-likeness (QED) is 0.348. The first-order chi connectivity index (χ1) is 8.66. The van der Waals surface area contributed by atoms with Gasteiger partial charge in [0.15, 0.2) is 11.5 Å². The van der Waals surface area contributed by atoms with Crippen LogP contribution in [-0.4, -0.2) is 18.3 Å². The molecule has 1 aliphatic rings. The predicted octanol–water partition coefficient (Wildman–Crippen LogP) is 2.33. The van der Waals surface area contributed by atoms with Gasteiger partial charge >= 0.3 is 0 Å². The highest BCUT2D eigenvalue weighted by Gasteiger charge is 2.16. The van der Waals surface area contributed by atoms with Gasteiger partial charge in [0.05, 0.1) is 18.1 Å². The molecule has 0 aromatic heterocycles. The molecule has 1 aromatic rings. The molecule has 0 aliphatic carbocycles. The normalized spacial score (nSPS) is 13.2. The van der Waals surface area contributed by atoms with Crippen molar-refractivity contribution in [2.75, 3.05) is 13.4 Å². The zero-order valence-corrected chi connectivity index (χ0v) is 11.5. The summed E-state index contributed by atoms with van der Waals surface area (Å²) in [6.45, 7) is 0.809. The van der Waals surface area contributed by atoms with Crippen molar-refractivity contribution in [3.8, 4) is 11.5 Å². The van der Waals surface area contributed by atoms with Crippen LogP contribution < -0.4 is 9.47 Å². The molecule has 1 heterocycles. The van der Waals surface area contributed by atoms with Gasteiger partial charge in [0.2, 0.25) is 13.0 Å². The largest absolute Gasteiger partial charge is 0.454 e. The fourth-order valence-electron chi connectivity index (χ4n) is 1.44. The zero-order chi connectivity index (χ0) is 13.0. The summed E-state index contributed by atoms with van der Waals surface area (Å²) < 4.78 is 16.8. The van der Waals surface area contributed by atoms with Crippen LogP contribution in [0.25, 0.3) is 0 Å². The third-order valence-electron chi connectivity index (χ3n) is 2.24. The van der Waals surface area contributed by atoms with Crippen LogP contribution in [0.2, 0.25) is 0 Å². The van der Waals surface area contributed by atoms with Crippen LogP contribution in [0.15, 0.2) is 24.4 Å². The Labute approximate surface area is 117 Å². The molecule has 0 saturated heterocycles. The van der Waals surface area contributed by atoms with Crippen molar-refractivity contribution in [1.82, 2.24) is 0 Å². The highest BCUT2D eigenvalue weighted by Crippen LogP contribution is 2.35. The first-order valence-corrected chi connectivity index (χ1v) is 6.20. The van der Waals surface area contributed by atoms with Crippen molar-refractivity contribution in [3.05, 3.63) is 43.7 Å². The molecule has 7 heteroatoms. The number of halogens is 1. The number of benzene rings is 1. The summed E-state index contributed by atoms with van der Waals surface area (Å²) in [5.41, 5.74) is 0.967. The minimum atomic E-state index is -0.520. The van der Waals surface area contributed by atoms with Crippen LogP contribution in [-0.2, 0) is 11.3 Å². The SMILES string of the molecule is O=[N+]([O-])/C=C/COCc1cc2c(cc1I)OCO2. The molecule has 0 atom stereocenters. The second-order valence-corrected chi connectivity index (χ2v) is 4.64. The van der Waals surface area contributed by atoms with Gasteiger partial charge in [-0.15, -0.1) is 0 Å². The van der Waals surface area contributed by atoms with Crippen molar-refractivity contribution in [3.63, 3.8) is 0 Å². The Kier molecular flexibility index (Phi) is 4.37. The Hall–Kier alpha value is -1.35. The summed E-state index contributed by atoms with van der Waals surface area (Å²) in [5.74, 6) is 1.44. The van der Waals surface area contributed by atoms with Crippen LogP contribution in [0, 0.1) is 13.7 Å².